The maximum Gasteiger partial charge on any atom is 0.280 e. The molecule has 1 heterocycles. The fourth-order valence-electron chi connectivity index (χ4n) is 2.62. The molecule has 3 rings (SSSR count). The number of H-pyrrole nitrogens is 1. The molecule has 1 N–H and O–H groups in total. The third kappa shape index (κ3) is 3.46. The molecule has 0 spiro atoms. The van der Waals surface area contributed by atoms with E-state index >= 15 is 0 Å². The summed E-state index contributed by atoms with van der Waals surface area (Å²) in [5, 5.41) is 13.7. The predicted molar refractivity (Wildman–Crippen MR) is 100 cm³/mol. The number of nitrogens with zero attached hydrogens (tertiary/aromatic N) is 3. The fraction of sp³-hybridized carbons (Fsp3) is 0.158. The monoisotopic (exact) mass is 350 g/mol. The Kier molecular flexibility index (Phi) is 4.79. The van der Waals surface area contributed by atoms with Crippen LogP contribution >= 0.6 is 0 Å². The summed E-state index contributed by atoms with van der Waals surface area (Å²) in [5.74, 6) is 0. The number of benzene rings is 2. The molecular formula is C19H18N4O3. The quantitative estimate of drug-likeness (QED) is 0.433. The molecule has 3 aromatic rings. The van der Waals surface area contributed by atoms with Crippen molar-refractivity contribution in [1.29, 1.82) is 0 Å². The average molecular weight is 350 g/mol. The number of aliphatic imine (C=N–C) groups is 1. The summed E-state index contributed by atoms with van der Waals surface area (Å²) in [6.45, 7) is 3.75. The van der Waals surface area contributed by atoms with E-state index in [1.165, 1.54) is 28.9 Å². The van der Waals surface area contributed by atoms with Gasteiger partial charge >= 0.3 is 0 Å². The molecule has 0 aliphatic rings. The van der Waals surface area contributed by atoms with Crippen molar-refractivity contribution in [3.8, 4) is 5.69 Å². The van der Waals surface area contributed by atoms with Gasteiger partial charge in [0.25, 0.3) is 11.2 Å². The molecule has 7 heteroatoms. The van der Waals surface area contributed by atoms with Crippen molar-refractivity contribution in [1.82, 2.24) is 9.78 Å². The summed E-state index contributed by atoms with van der Waals surface area (Å²) < 4.78 is 1.35. The van der Waals surface area contributed by atoms with E-state index in [1.807, 2.05) is 37.3 Å². The molecule has 0 bridgehead atoms. The maximum absolute atomic E-state index is 12.7. The van der Waals surface area contributed by atoms with Crippen LogP contribution in [0.2, 0.25) is 0 Å². The lowest BCUT2D eigenvalue weighted by Crippen LogP contribution is -2.17. The summed E-state index contributed by atoms with van der Waals surface area (Å²) >= 11 is 0. The molecule has 0 radical (unpaired) electrons. The van der Waals surface area contributed by atoms with Crippen molar-refractivity contribution in [2.75, 3.05) is 0 Å². The van der Waals surface area contributed by atoms with E-state index in [2.05, 4.69) is 10.1 Å². The first-order valence-corrected chi connectivity index (χ1v) is 8.12. The van der Waals surface area contributed by atoms with E-state index in [4.69, 9.17) is 0 Å². The molecule has 7 nitrogen and oxygen atoms in total. The number of aromatic nitrogens is 2. The molecule has 132 valence electrons. The topological polar surface area (TPSA) is 93.3 Å². The molecule has 2 aromatic carbocycles. The van der Waals surface area contributed by atoms with Crippen LogP contribution in [0.4, 0.5) is 5.69 Å². The van der Waals surface area contributed by atoms with Gasteiger partial charge in [0.15, 0.2) is 0 Å². The van der Waals surface area contributed by atoms with Crippen LogP contribution in [0.1, 0.15) is 29.8 Å². The van der Waals surface area contributed by atoms with E-state index in [0.717, 1.165) is 5.56 Å². The molecule has 1 atom stereocenters. The number of nitrogens with one attached hydrogen (secondary N) is 1. The van der Waals surface area contributed by atoms with Gasteiger partial charge in [-0.2, -0.15) is 0 Å². The zero-order valence-electron chi connectivity index (χ0n) is 14.4. The van der Waals surface area contributed by atoms with Gasteiger partial charge in [0.05, 0.1) is 22.2 Å². The van der Waals surface area contributed by atoms with Crippen LogP contribution in [0.3, 0.4) is 0 Å². The average Bonchev–Trinajstić information content (AvgIpc) is 2.94. The van der Waals surface area contributed by atoms with Crippen LogP contribution in [0, 0.1) is 17.0 Å². The number of nitro benzene ring substituents is 1. The van der Waals surface area contributed by atoms with E-state index in [-0.39, 0.29) is 17.3 Å². The van der Waals surface area contributed by atoms with Crippen molar-refractivity contribution in [2.24, 2.45) is 4.99 Å². The van der Waals surface area contributed by atoms with Gasteiger partial charge in [-0.05, 0) is 31.5 Å². The molecule has 0 unspecified atom stereocenters. The minimum Gasteiger partial charge on any atom is -0.295 e. The summed E-state index contributed by atoms with van der Waals surface area (Å²) in [7, 11) is 0. The van der Waals surface area contributed by atoms with Crippen molar-refractivity contribution >= 4 is 11.9 Å². The summed E-state index contributed by atoms with van der Waals surface area (Å²) in [4.78, 5) is 27.4. The van der Waals surface area contributed by atoms with Gasteiger partial charge in [-0.3, -0.25) is 25.0 Å². The third-order valence-corrected chi connectivity index (χ3v) is 4.14. The summed E-state index contributed by atoms with van der Waals surface area (Å²) in [5.41, 5.74) is 2.46. The number of non-ortho nitro benzene ring substituents is 1. The smallest absolute Gasteiger partial charge is 0.280 e. The Labute approximate surface area is 149 Å². The second-order valence-electron chi connectivity index (χ2n) is 5.93. The molecule has 0 aliphatic heterocycles. The molecule has 0 fully saturated rings. The van der Waals surface area contributed by atoms with Crippen LogP contribution in [-0.4, -0.2) is 20.9 Å². The number of hydrogen-bond acceptors (Lipinski definition) is 4. The molecule has 0 aliphatic carbocycles. The molecule has 0 saturated heterocycles. The maximum atomic E-state index is 12.7. The van der Waals surface area contributed by atoms with Crippen molar-refractivity contribution < 1.29 is 4.92 Å². The van der Waals surface area contributed by atoms with Crippen molar-refractivity contribution in [3.63, 3.8) is 0 Å². The zero-order chi connectivity index (χ0) is 18.7. The van der Waals surface area contributed by atoms with Crippen molar-refractivity contribution in [2.45, 2.75) is 19.9 Å². The summed E-state index contributed by atoms with van der Waals surface area (Å²) in [6, 6.07) is 15.5. The lowest BCUT2D eigenvalue weighted by atomic mass is 10.1. The lowest BCUT2D eigenvalue weighted by molar-refractivity contribution is -0.384. The Morgan fingerprint density at radius 1 is 1.15 bits per heavy atom. The summed E-state index contributed by atoms with van der Waals surface area (Å²) in [6.07, 6.45) is 1.58. The van der Waals surface area contributed by atoms with Gasteiger partial charge in [-0.25, -0.2) is 4.68 Å². The number of hydrogen-bond donors (Lipinski definition) is 1. The Morgan fingerprint density at radius 3 is 2.42 bits per heavy atom. The third-order valence-electron chi connectivity index (χ3n) is 4.14. The number of aromatic amines is 1. The molecular weight excluding hydrogens is 332 g/mol. The highest BCUT2D eigenvalue weighted by Crippen LogP contribution is 2.16. The number of aryl methyl sites for hydroxylation is 1. The predicted octanol–water partition coefficient (Wildman–Crippen LogP) is 3.56. The Bertz CT molecular complexity index is 1000. The normalized spacial score (nSPS) is 12.4. The second kappa shape index (κ2) is 7.18. The first-order chi connectivity index (χ1) is 12.5. The molecule has 26 heavy (non-hydrogen) atoms. The fourth-order valence-corrected chi connectivity index (χ4v) is 2.62. The van der Waals surface area contributed by atoms with Gasteiger partial charge in [0.1, 0.15) is 0 Å². The highest BCUT2D eigenvalue weighted by Gasteiger charge is 2.12. The van der Waals surface area contributed by atoms with Gasteiger partial charge < -0.3 is 0 Å². The minimum atomic E-state index is -0.477. The first kappa shape index (κ1) is 17.3. The van der Waals surface area contributed by atoms with E-state index in [0.29, 0.717) is 16.9 Å². The lowest BCUT2D eigenvalue weighted by Gasteiger charge is -2.05. The van der Waals surface area contributed by atoms with Gasteiger partial charge in [-0.1, -0.05) is 30.3 Å². The second-order valence-corrected chi connectivity index (χ2v) is 5.93. The van der Waals surface area contributed by atoms with Crippen LogP contribution in [0.5, 0.6) is 0 Å². The van der Waals surface area contributed by atoms with Crippen LogP contribution in [0.25, 0.3) is 5.69 Å². The molecule has 1 aromatic heterocycles. The standard InChI is InChI=1S/C19H18N4O3/c1-13(15-6-4-3-5-7-15)20-12-18-14(2)21-22(19(18)24)16-8-10-17(11-9-16)23(25)26/h3-13,21H,1-2H3/t13-/m1/s1. The highest BCUT2D eigenvalue weighted by molar-refractivity contribution is 5.81. The Hall–Kier alpha value is -3.48. The number of nitro groups is 1. The number of rotatable bonds is 5. The Morgan fingerprint density at radius 2 is 1.81 bits per heavy atom. The van der Waals surface area contributed by atoms with Crippen molar-refractivity contribution in [3.05, 3.63) is 91.9 Å². The van der Waals surface area contributed by atoms with Crippen LogP contribution in [-0.2, 0) is 0 Å². The first-order valence-electron chi connectivity index (χ1n) is 8.12. The highest BCUT2D eigenvalue weighted by atomic mass is 16.6. The van der Waals surface area contributed by atoms with E-state index in [9.17, 15) is 14.9 Å². The van der Waals surface area contributed by atoms with Crippen LogP contribution < -0.4 is 5.56 Å². The van der Waals surface area contributed by atoms with Gasteiger partial charge in [-0.15, -0.1) is 0 Å². The zero-order valence-corrected chi connectivity index (χ0v) is 14.4. The van der Waals surface area contributed by atoms with E-state index < -0.39 is 4.92 Å². The van der Waals surface area contributed by atoms with Gasteiger partial charge in [0, 0.05) is 24.0 Å². The van der Waals surface area contributed by atoms with E-state index in [1.54, 1.807) is 13.1 Å². The largest absolute Gasteiger partial charge is 0.295 e. The SMILES string of the molecule is Cc1[nH]n(-c2ccc([N+](=O)[O-])cc2)c(=O)c1C=N[C@H](C)c1ccccc1. The Balaban J connectivity index is 1.90. The van der Waals surface area contributed by atoms with Crippen LogP contribution in [0.15, 0.2) is 64.4 Å². The minimum absolute atomic E-state index is 0.0245. The molecule has 0 amide bonds. The molecule has 0 saturated carbocycles. The van der Waals surface area contributed by atoms with Gasteiger partial charge in [0.2, 0.25) is 0 Å².